The topological polar surface area (TPSA) is 106 Å². The average Bonchev–Trinajstić information content (AvgIpc) is 3.35. The van der Waals surface area contributed by atoms with E-state index < -0.39 is 0 Å². The normalized spacial score (nSPS) is 17.7. The van der Waals surface area contributed by atoms with Crippen LogP contribution in [0.3, 0.4) is 0 Å². The minimum absolute atomic E-state index is 0.0151. The molecule has 1 aromatic carbocycles. The Balaban J connectivity index is 1.27. The van der Waals surface area contributed by atoms with E-state index >= 15 is 0 Å². The highest BCUT2D eigenvalue weighted by Crippen LogP contribution is 2.34. The molecule has 154 valence electrons. The van der Waals surface area contributed by atoms with Gasteiger partial charge >= 0.3 is 0 Å². The van der Waals surface area contributed by atoms with Gasteiger partial charge in [0.25, 0.3) is 0 Å². The molecule has 0 bridgehead atoms. The van der Waals surface area contributed by atoms with Crippen LogP contribution in [0.2, 0.25) is 0 Å². The lowest BCUT2D eigenvalue weighted by atomic mass is 9.94. The lowest BCUT2D eigenvalue weighted by Crippen LogP contribution is -2.47. The minimum Gasteiger partial charge on any atom is -0.454 e. The summed E-state index contributed by atoms with van der Waals surface area (Å²) >= 11 is 0. The first-order chi connectivity index (χ1) is 14.0. The van der Waals surface area contributed by atoms with E-state index in [9.17, 15) is 9.59 Å². The summed E-state index contributed by atoms with van der Waals surface area (Å²) in [6.45, 7) is 5.17. The molecule has 0 aliphatic carbocycles. The fraction of sp³-hybridized carbons (Fsp3) is 0.450. The lowest BCUT2D eigenvalue weighted by molar-refractivity contribution is -0.123. The Hall–Kier alpha value is -3.07. The summed E-state index contributed by atoms with van der Waals surface area (Å²) in [6, 6.07) is 6.73. The maximum absolute atomic E-state index is 12.6. The first-order valence-electron chi connectivity index (χ1n) is 9.68. The molecule has 9 nitrogen and oxygen atoms in total. The van der Waals surface area contributed by atoms with Crippen LogP contribution in [-0.2, 0) is 9.59 Å². The van der Waals surface area contributed by atoms with E-state index in [1.807, 2.05) is 6.92 Å². The fourth-order valence-corrected chi connectivity index (χ4v) is 3.59. The Morgan fingerprint density at radius 3 is 2.62 bits per heavy atom. The van der Waals surface area contributed by atoms with E-state index in [0.717, 1.165) is 0 Å². The van der Waals surface area contributed by atoms with Crippen molar-refractivity contribution in [3.8, 4) is 11.5 Å². The van der Waals surface area contributed by atoms with Crippen LogP contribution in [0.25, 0.3) is 0 Å². The maximum Gasteiger partial charge on any atom is 0.242 e. The summed E-state index contributed by atoms with van der Waals surface area (Å²) in [7, 11) is 0. The number of piperidine rings is 1. The Morgan fingerprint density at radius 1 is 1.14 bits per heavy atom. The number of amides is 2. The Labute approximate surface area is 168 Å². The molecule has 2 aliphatic heterocycles. The zero-order chi connectivity index (χ0) is 20.4. The van der Waals surface area contributed by atoms with Crippen LogP contribution in [0.1, 0.15) is 25.5 Å². The highest BCUT2D eigenvalue weighted by Gasteiger charge is 2.30. The van der Waals surface area contributed by atoms with Crippen molar-refractivity contribution in [3.63, 3.8) is 0 Å². The van der Waals surface area contributed by atoms with Crippen molar-refractivity contribution in [1.82, 2.24) is 10.1 Å². The molecule has 2 N–H and O–H groups in total. The molecule has 0 unspecified atom stereocenters. The van der Waals surface area contributed by atoms with Crippen LogP contribution in [0.15, 0.2) is 28.8 Å². The highest BCUT2D eigenvalue weighted by atomic mass is 16.7. The summed E-state index contributed by atoms with van der Waals surface area (Å²) in [4.78, 5) is 27.1. The SMILES string of the molecule is Cc1cc(NC(=O)[C@H](C)N2CCC(C(=O)Nc3ccc4c(c3)OCO4)CC2)no1. The molecule has 2 aromatic rings. The quantitative estimate of drug-likeness (QED) is 0.794. The summed E-state index contributed by atoms with van der Waals surface area (Å²) in [5.41, 5.74) is 0.692. The van der Waals surface area contributed by atoms with Crippen molar-refractivity contribution < 1.29 is 23.6 Å². The van der Waals surface area contributed by atoms with Gasteiger partial charge in [0, 0.05) is 23.7 Å². The van der Waals surface area contributed by atoms with Gasteiger partial charge in [0.15, 0.2) is 17.3 Å². The maximum atomic E-state index is 12.6. The number of benzene rings is 1. The number of nitrogens with one attached hydrogen (secondary N) is 2. The molecular weight excluding hydrogens is 376 g/mol. The van der Waals surface area contributed by atoms with Crippen LogP contribution in [-0.4, -0.2) is 47.8 Å². The largest absolute Gasteiger partial charge is 0.454 e. The zero-order valence-corrected chi connectivity index (χ0v) is 16.4. The highest BCUT2D eigenvalue weighted by molar-refractivity contribution is 5.94. The Morgan fingerprint density at radius 2 is 1.90 bits per heavy atom. The summed E-state index contributed by atoms with van der Waals surface area (Å²) in [5.74, 6) is 2.13. The molecule has 3 heterocycles. The number of ether oxygens (including phenoxy) is 2. The molecule has 9 heteroatoms. The first-order valence-corrected chi connectivity index (χ1v) is 9.68. The molecule has 1 fully saturated rings. The number of likely N-dealkylation sites (tertiary alicyclic amines) is 1. The van der Waals surface area contributed by atoms with Crippen molar-refractivity contribution in [3.05, 3.63) is 30.0 Å². The monoisotopic (exact) mass is 400 g/mol. The van der Waals surface area contributed by atoms with Crippen molar-refractivity contribution in [2.75, 3.05) is 30.5 Å². The van der Waals surface area contributed by atoms with Crippen molar-refractivity contribution in [1.29, 1.82) is 0 Å². The van der Waals surface area contributed by atoms with Crippen LogP contribution in [0.5, 0.6) is 11.5 Å². The first kappa shape index (κ1) is 19.3. The van der Waals surface area contributed by atoms with Crippen LogP contribution in [0.4, 0.5) is 11.5 Å². The third kappa shape index (κ3) is 4.34. The number of carbonyl (C=O) groups excluding carboxylic acids is 2. The van der Waals surface area contributed by atoms with E-state index in [-0.39, 0.29) is 30.6 Å². The molecule has 1 aromatic heterocycles. The van der Waals surface area contributed by atoms with Crippen LogP contribution < -0.4 is 20.1 Å². The third-order valence-corrected chi connectivity index (χ3v) is 5.35. The molecule has 2 aliphatic rings. The number of fused-ring (bicyclic) bond motifs is 1. The second-order valence-electron chi connectivity index (χ2n) is 7.36. The van der Waals surface area contributed by atoms with Crippen LogP contribution >= 0.6 is 0 Å². The zero-order valence-electron chi connectivity index (χ0n) is 16.4. The molecule has 1 saturated heterocycles. The average molecular weight is 400 g/mol. The molecule has 0 radical (unpaired) electrons. The van der Waals surface area contributed by atoms with Gasteiger partial charge in [0.2, 0.25) is 18.6 Å². The molecule has 0 saturated carbocycles. The standard InChI is InChI=1S/C20H24N4O5/c1-12-9-18(23-29-12)22-19(25)13(2)24-7-5-14(6-8-24)20(26)21-15-3-4-16-17(10-15)28-11-27-16/h3-4,9-10,13-14H,5-8,11H2,1-2H3,(H,21,26)(H,22,23,25)/t13-/m0/s1. The molecule has 29 heavy (non-hydrogen) atoms. The molecular formula is C20H24N4O5. The molecule has 2 amide bonds. The van der Waals surface area contributed by atoms with Gasteiger partial charge in [-0.05, 0) is 51.9 Å². The second-order valence-corrected chi connectivity index (χ2v) is 7.36. The number of rotatable bonds is 5. The summed E-state index contributed by atoms with van der Waals surface area (Å²) < 4.78 is 15.6. The van der Waals surface area contributed by atoms with Gasteiger partial charge < -0.3 is 24.6 Å². The number of carbonyl (C=O) groups is 2. The van der Waals surface area contributed by atoms with Gasteiger partial charge in [0.05, 0.1) is 6.04 Å². The van der Waals surface area contributed by atoms with Gasteiger partial charge in [-0.2, -0.15) is 0 Å². The van der Waals surface area contributed by atoms with E-state index in [1.54, 1.807) is 31.2 Å². The number of anilines is 2. The number of aromatic nitrogens is 1. The Bertz CT molecular complexity index is 904. The number of nitrogens with zero attached hydrogens (tertiary/aromatic N) is 2. The smallest absolute Gasteiger partial charge is 0.242 e. The third-order valence-electron chi connectivity index (χ3n) is 5.35. The van der Waals surface area contributed by atoms with Crippen molar-refractivity contribution >= 4 is 23.3 Å². The number of aryl methyl sites for hydroxylation is 1. The molecule has 4 rings (SSSR count). The summed E-state index contributed by atoms with van der Waals surface area (Å²) in [6.07, 6.45) is 1.38. The predicted molar refractivity (Wildman–Crippen MR) is 105 cm³/mol. The van der Waals surface area contributed by atoms with Gasteiger partial charge in [-0.15, -0.1) is 0 Å². The van der Waals surface area contributed by atoms with Gasteiger partial charge in [0.1, 0.15) is 5.76 Å². The van der Waals surface area contributed by atoms with E-state index in [1.165, 1.54) is 0 Å². The molecule has 1 atom stereocenters. The van der Waals surface area contributed by atoms with E-state index in [0.29, 0.717) is 54.7 Å². The predicted octanol–water partition coefficient (Wildman–Crippen LogP) is 2.39. The van der Waals surface area contributed by atoms with Gasteiger partial charge in [-0.1, -0.05) is 5.16 Å². The number of hydrogen-bond acceptors (Lipinski definition) is 7. The van der Waals surface area contributed by atoms with Crippen molar-refractivity contribution in [2.45, 2.75) is 32.7 Å². The van der Waals surface area contributed by atoms with Crippen LogP contribution in [0, 0.1) is 12.8 Å². The van der Waals surface area contributed by atoms with Gasteiger partial charge in [-0.25, -0.2) is 0 Å². The summed E-state index contributed by atoms with van der Waals surface area (Å²) in [5, 5.41) is 9.50. The minimum atomic E-state index is -0.315. The second kappa shape index (κ2) is 8.12. The van der Waals surface area contributed by atoms with Gasteiger partial charge in [-0.3, -0.25) is 14.5 Å². The fourth-order valence-electron chi connectivity index (χ4n) is 3.59. The van der Waals surface area contributed by atoms with E-state index in [2.05, 4.69) is 20.7 Å². The Kier molecular flexibility index (Phi) is 5.39. The molecule has 0 spiro atoms. The van der Waals surface area contributed by atoms with E-state index in [4.69, 9.17) is 14.0 Å². The number of hydrogen-bond donors (Lipinski definition) is 2. The lowest BCUT2D eigenvalue weighted by Gasteiger charge is -2.34. The van der Waals surface area contributed by atoms with Crippen molar-refractivity contribution in [2.24, 2.45) is 5.92 Å².